The van der Waals surface area contributed by atoms with E-state index in [1.54, 1.807) is 6.07 Å². The van der Waals surface area contributed by atoms with Crippen LogP contribution in [-0.4, -0.2) is 34.1 Å². The minimum absolute atomic E-state index is 0.107. The second-order valence-electron chi connectivity index (χ2n) is 5.47. The summed E-state index contributed by atoms with van der Waals surface area (Å²) in [6.07, 6.45) is -3.30. The lowest BCUT2D eigenvalue weighted by atomic mass is 10.0. The van der Waals surface area contributed by atoms with Crippen LogP contribution in [0.2, 0.25) is 5.02 Å². The molecule has 7 heteroatoms. The van der Waals surface area contributed by atoms with Crippen molar-refractivity contribution < 1.29 is 24.9 Å². The Morgan fingerprint density at radius 2 is 1.84 bits per heavy atom. The van der Waals surface area contributed by atoms with E-state index in [9.17, 15) is 15.0 Å². The number of rotatable bonds is 7. The van der Waals surface area contributed by atoms with Gasteiger partial charge < -0.3 is 25.4 Å². The summed E-state index contributed by atoms with van der Waals surface area (Å²) in [5.41, 5.74) is 1.67. The fourth-order valence-corrected chi connectivity index (χ4v) is 2.43. The molecule has 2 aromatic carbocycles. The zero-order valence-corrected chi connectivity index (χ0v) is 14.2. The standard InChI is InChI=1S/C18H20ClNO5/c19-15-7-6-13(10-21)8-14(15)17(23)16(22)9-20-18(24)25-11-12-4-2-1-3-5-12/h1-8,16-17,21-23H,9-11H2,(H,20,24). The summed E-state index contributed by atoms with van der Waals surface area (Å²) in [6, 6.07) is 13.8. The molecule has 2 aromatic rings. The Kier molecular flexibility index (Phi) is 7.21. The SMILES string of the molecule is O=C(NCC(O)C(O)c1cc(CO)ccc1Cl)OCc1ccccc1. The molecule has 2 atom stereocenters. The fourth-order valence-electron chi connectivity index (χ4n) is 2.20. The summed E-state index contributed by atoms with van der Waals surface area (Å²) in [5, 5.41) is 32.0. The van der Waals surface area contributed by atoms with Crippen LogP contribution in [0.5, 0.6) is 0 Å². The van der Waals surface area contributed by atoms with Crippen LogP contribution in [0.1, 0.15) is 22.8 Å². The molecule has 2 rings (SSSR count). The van der Waals surface area contributed by atoms with Gasteiger partial charge in [0.1, 0.15) is 18.8 Å². The van der Waals surface area contributed by atoms with Gasteiger partial charge in [0.2, 0.25) is 0 Å². The molecular formula is C18H20ClNO5. The van der Waals surface area contributed by atoms with Gasteiger partial charge >= 0.3 is 6.09 Å². The van der Waals surface area contributed by atoms with Crippen molar-refractivity contribution in [3.8, 4) is 0 Å². The number of alkyl carbamates (subject to hydrolysis) is 1. The minimum Gasteiger partial charge on any atom is -0.445 e. The zero-order chi connectivity index (χ0) is 18.2. The fraction of sp³-hybridized carbons (Fsp3) is 0.278. The molecule has 4 N–H and O–H groups in total. The average molecular weight is 366 g/mol. The minimum atomic E-state index is -1.31. The Morgan fingerprint density at radius 3 is 2.52 bits per heavy atom. The van der Waals surface area contributed by atoms with Gasteiger partial charge in [0.15, 0.2) is 0 Å². The van der Waals surface area contributed by atoms with Gasteiger partial charge in [0, 0.05) is 17.1 Å². The Hall–Kier alpha value is -2.12. The van der Waals surface area contributed by atoms with Crippen LogP contribution in [0.25, 0.3) is 0 Å². The van der Waals surface area contributed by atoms with E-state index in [2.05, 4.69) is 5.32 Å². The van der Waals surface area contributed by atoms with Gasteiger partial charge in [-0.3, -0.25) is 0 Å². The number of ether oxygens (including phenoxy) is 1. The number of hydrogen-bond acceptors (Lipinski definition) is 5. The second-order valence-corrected chi connectivity index (χ2v) is 5.88. The number of aliphatic hydroxyl groups is 3. The van der Waals surface area contributed by atoms with Crippen molar-refractivity contribution in [2.24, 2.45) is 0 Å². The van der Waals surface area contributed by atoms with E-state index in [0.29, 0.717) is 5.56 Å². The molecule has 0 saturated carbocycles. The first-order chi connectivity index (χ1) is 12.0. The van der Waals surface area contributed by atoms with Gasteiger partial charge in [-0.2, -0.15) is 0 Å². The molecule has 134 valence electrons. The molecule has 2 unspecified atom stereocenters. The molecular weight excluding hydrogens is 346 g/mol. The first-order valence-corrected chi connectivity index (χ1v) is 8.09. The largest absolute Gasteiger partial charge is 0.445 e. The topological polar surface area (TPSA) is 99.0 Å². The van der Waals surface area contributed by atoms with E-state index in [-0.39, 0.29) is 30.3 Å². The van der Waals surface area contributed by atoms with E-state index < -0.39 is 18.3 Å². The maximum Gasteiger partial charge on any atom is 0.407 e. The highest BCUT2D eigenvalue weighted by Crippen LogP contribution is 2.26. The quantitative estimate of drug-likeness (QED) is 0.602. The first-order valence-electron chi connectivity index (χ1n) is 7.71. The Bertz CT molecular complexity index is 695. The zero-order valence-electron chi connectivity index (χ0n) is 13.4. The van der Waals surface area contributed by atoms with Crippen molar-refractivity contribution in [3.05, 3.63) is 70.2 Å². The van der Waals surface area contributed by atoms with Crippen molar-refractivity contribution >= 4 is 17.7 Å². The number of aliphatic hydroxyl groups excluding tert-OH is 3. The van der Waals surface area contributed by atoms with Crippen LogP contribution in [0.4, 0.5) is 4.79 Å². The van der Waals surface area contributed by atoms with Crippen LogP contribution in [0, 0.1) is 0 Å². The van der Waals surface area contributed by atoms with E-state index >= 15 is 0 Å². The van der Waals surface area contributed by atoms with Gasteiger partial charge in [0.25, 0.3) is 0 Å². The van der Waals surface area contributed by atoms with Crippen molar-refractivity contribution in [1.82, 2.24) is 5.32 Å². The molecule has 0 heterocycles. The smallest absolute Gasteiger partial charge is 0.407 e. The highest BCUT2D eigenvalue weighted by atomic mass is 35.5. The third-order valence-corrected chi connectivity index (χ3v) is 3.94. The van der Waals surface area contributed by atoms with E-state index in [0.717, 1.165) is 5.56 Å². The molecule has 0 fully saturated rings. The number of carbonyl (C=O) groups is 1. The second kappa shape index (κ2) is 9.39. The lowest BCUT2D eigenvalue weighted by Gasteiger charge is -2.20. The third-order valence-electron chi connectivity index (χ3n) is 3.59. The van der Waals surface area contributed by atoms with Gasteiger partial charge in [-0.1, -0.05) is 48.0 Å². The van der Waals surface area contributed by atoms with Crippen LogP contribution >= 0.6 is 11.6 Å². The Morgan fingerprint density at radius 1 is 1.12 bits per heavy atom. The van der Waals surface area contributed by atoms with Crippen LogP contribution in [0.15, 0.2) is 48.5 Å². The Balaban J connectivity index is 1.84. The maximum atomic E-state index is 11.7. The summed E-state index contributed by atoms with van der Waals surface area (Å²) in [7, 11) is 0. The summed E-state index contributed by atoms with van der Waals surface area (Å²) < 4.78 is 5.02. The van der Waals surface area contributed by atoms with Crippen molar-refractivity contribution in [3.63, 3.8) is 0 Å². The highest BCUT2D eigenvalue weighted by Gasteiger charge is 2.22. The molecule has 6 nitrogen and oxygen atoms in total. The highest BCUT2D eigenvalue weighted by molar-refractivity contribution is 6.31. The molecule has 0 bridgehead atoms. The van der Waals surface area contributed by atoms with Gasteiger partial charge in [-0.25, -0.2) is 4.79 Å². The van der Waals surface area contributed by atoms with E-state index in [4.69, 9.17) is 21.4 Å². The Labute approximate surface area is 150 Å². The molecule has 1 amide bonds. The van der Waals surface area contributed by atoms with E-state index in [1.165, 1.54) is 12.1 Å². The molecule has 0 spiro atoms. The average Bonchev–Trinajstić information content (AvgIpc) is 2.65. The number of benzene rings is 2. The molecule has 0 aliphatic carbocycles. The number of amides is 1. The number of halogens is 1. The maximum absolute atomic E-state index is 11.7. The molecule has 0 saturated heterocycles. The van der Waals surface area contributed by atoms with Crippen LogP contribution < -0.4 is 5.32 Å². The first kappa shape index (κ1) is 19.2. The molecule has 0 aromatic heterocycles. The monoisotopic (exact) mass is 365 g/mol. The van der Waals surface area contributed by atoms with Gasteiger partial charge in [0.05, 0.1) is 6.61 Å². The van der Waals surface area contributed by atoms with Crippen molar-refractivity contribution in [2.45, 2.75) is 25.4 Å². The summed E-state index contributed by atoms with van der Waals surface area (Å²) in [4.78, 5) is 11.7. The van der Waals surface area contributed by atoms with Crippen molar-refractivity contribution in [2.75, 3.05) is 6.54 Å². The summed E-state index contributed by atoms with van der Waals surface area (Å²) in [5.74, 6) is 0. The van der Waals surface area contributed by atoms with Crippen LogP contribution in [0.3, 0.4) is 0 Å². The lowest BCUT2D eigenvalue weighted by molar-refractivity contribution is 0.0184. The molecule has 25 heavy (non-hydrogen) atoms. The molecule has 0 aliphatic rings. The number of nitrogens with one attached hydrogen (secondary N) is 1. The summed E-state index contributed by atoms with van der Waals surface area (Å²) in [6.45, 7) is -0.318. The van der Waals surface area contributed by atoms with Crippen molar-refractivity contribution in [1.29, 1.82) is 0 Å². The molecule has 0 aliphatic heterocycles. The summed E-state index contributed by atoms with van der Waals surface area (Å²) >= 11 is 6.01. The predicted octanol–water partition coefficient (Wildman–Crippen LogP) is 2.15. The number of carbonyl (C=O) groups excluding carboxylic acids is 1. The third kappa shape index (κ3) is 5.72. The van der Waals surface area contributed by atoms with E-state index in [1.807, 2.05) is 30.3 Å². The van der Waals surface area contributed by atoms with Gasteiger partial charge in [-0.15, -0.1) is 0 Å². The lowest BCUT2D eigenvalue weighted by Crippen LogP contribution is -2.35. The van der Waals surface area contributed by atoms with Crippen LogP contribution in [-0.2, 0) is 18.0 Å². The van der Waals surface area contributed by atoms with Gasteiger partial charge in [-0.05, 0) is 23.3 Å². The predicted molar refractivity (Wildman–Crippen MR) is 93.0 cm³/mol. The number of hydrogen-bond donors (Lipinski definition) is 4. The normalized spacial score (nSPS) is 13.1. The molecule has 0 radical (unpaired) electrons.